The van der Waals surface area contributed by atoms with Crippen LogP contribution < -0.4 is 5.43 Å². The highest BCUT2D eigenvalue weighted by Crippen LogP contribution is 2.20. The monoisotopic (exact) mass is 376 g/mol. The average Bonchev–Trinajstić information content (AvgIpc) is 2.67. The minimum absolute atomic E-state index is 0.237. The number of nitrogens with one attached hydrogen (secondary N) is 1. The average molecular weight is 376 g/mol. The van der Waals surface area contributed by atoms with E-state index < -0.39 is 0 Å². The molecule has 0 bridgehead atoms. The molecule has 0 radical (unpaired) electrons. The first-order valence-corrected chi connectivity index (χ1v) is 9.51. The molecule has 5 nitrogen and oxygen atoms in total. The molecule has 6 heteroatoms. The first kappa shape index (κ1) is 18.8. The number of amides is 1. The van der Waals surface area contributed by atoms with Crippen LogP contribution in [0.3, 0.4) is 0 Å². The lowest BCUT2D eigenvalue weighted by Crippen LogP contribution is -2.17. The third kappa shape index (κ3) is 5.76. The van der Waals surface area contributed by atoms with E-state index >= 15 is 0 Å². The van der Waals surface area contributed by atoms with Crippen molar-refractivity contribution < 1.29 is 4.79 Å². The predicted molar refractivity (Wildman–Crippen MR) is 109 cm³/mol. The number of aromatic nitrogens is 2. The number of hydrogen-bond acceptors (Lipinski definition) is 5. The van der Waals surface area contributed by atoms with E-state index in [2.05, 4.69) is 20.5 Å². The van der Waals surface area contributed by atoms with Crippen molar-refractivity contribution in [3.63, 3.8) is 0 Å². The van der Waals surface area contributed by atoms with E-state index in [1.165, 1.54) is 0 Å². The molecule has 0 atom stereocenters. The molecule has 3 rings (SSSR count). The Morgan fingerprint density at radius 2 is 1.70 bits per heavy atom. The molecule has 0 unspecified atom stereocenters. The largest absolute Gasteiger partial charge is 0.271 e. The molecule has 2 aromatic carbocycles. The highest BCUT2D eigenvalue weighted by Gasteiger charge is 2.05. The number of hydrogen-bond donors (Lipinski definition) is 1. The lowest BCUT2D eigenvalue weighted by Gasteiger charge is -2.05. The Bertz CT molecular complexity index is 920. The Hall–Kier alpha value is -2.99. The molecule has 27 heavy (non-hydrogen) atoms. The molecule has 0 aliphatic rings. The summed E-state index contributed by atoms with van der Waals surface area (Å²) in [6, 6.07) is 19.0. The van der Waals surface area contributed by atoms with Crippen molar-refractivity contribution >= 4 is 23.9 Å². The van der Waals surface area contributed by atoms with Crippen LogP contribution in [0.2, 0.25) is 0 Å². The van der Waals surface area contributed by atoms with Crippen LogP contribution >= 0.6 is 11.8 Å². The zero-order chi connectivity index (χ0) is 19.1. The molecule has 0 saturated heterocycles. The van der Waals surface area contributed by atoms with Gasteiger partial charge in [-0.2, -0.15) is 5.10 Å². The van der Waals surface area contributed by atoms with Crippen LogP contribution in [-0.2, 0) is 5.75 Å². The molecule has 3 aromatic rings. The fourth-order valence-electron chi connectivity index (χ4n) is 2.43. The van der Waals surface area contributed by atoms with E-state index in [1.54, 1.807) is 30.1 Å². The van der Waals surface area contributed by atoms with E-state index in [-0.39, 0.29) is 5.91 Å². The highest BCUT2D eigenvalue weighted by molar-refractivity contribution is 7.98. The number of rotatable bonds is 6. The summed E-state index contributed by atoms with van der Waals surface area (Å²) in [5.74, 6) is 0.510. The van der Waals surface area contributed by atoms with Crippen LogP contribution in [0.25, 0.3) is 0 Å². The van der Waals surface area contributed by atoms with Gasteiger partial charge < -0.3 is 0 Å². The zero-order valence-electron chi connectivity index (χ0n) is 15.2. The number of carbonyl (C=O) groups excluding carboxylic acids is 1. The van der Waals surface area contributed by atoms with Gasteiger partial charge in [0.05, 0.1) is 6.21 Å². The lowest BCUT2D eigenvalue weighted by molar-refractivity contribution is 0.0955. The van der Waals surface area contributed by atoms with Crippen LogP contribution in [0, 0.1) is 13.8 Å². The molecule has 1 amide bonds. The Balaban J connectivity index is 1.54. The van der Waals surface area contributed by atoms with E-state index in [1.807, 2.05) is 62.4 Å². The molecule has 0 aliphatic carbocycles. The van der Waals surface area contributed by atoms with Gasteiger partial charge in [0, 0.05) is 22.7 Å². The van der Waals surface area contributed by atoms with Gasteiger partial charge in [0.2, 0.25) is 0 Å². The summed E-state index contributed by atoms with van der Waals surface area (Å²) in [5, 5.41) is 4.76. The van der Waals surface area contributed by atoms with Gasteiger partial charge in [0.25, 0.3) is 5.91 Å². The van der Waals surface area contributed by atoms with Gasteiger partial charge >= 0.3 is 0 Å². The zero-order valence-corrected chi connectivity index (χ0v) is 16.0. The lowest BCUT2D eigenvalue weighted by atomic mass is 10.1. The van der Waals surface area contributed by atoms with Gasteiger partial charge in [0.1, 0.15) is 0 Å². The predicted octanol–water partition coefficient (Wildman–Crippen LogP) is 4.15. The van der Waals surface area contributed by atoms with Crippen molar-refractivity contribution in [1.82, 2.24) is 15.4 Å². The van der Waals surface area contributed by atoms with E-state index in [0.717, 1.165) is 33.4 Å². The Morgan fingerprint density at radius 3 is 2.37 bits per heavy atom. The standard InChI is InChI=1S/C21H20N4OS/c1-15-12-16(2)24-21(23-15)27-14-18-8-10-19(11-9-18)20(26)25-22-13-17-6-4-3-5-7-17/h3-13H,14H2,1-2H3,(H,25,26). The first-order chi connectivity index (χ1) is 13.1. The fourth-order valence-corrected chi connectivity index (χ4v) is 3.33. The summed E-state index contributed by atoms with van der Waals surface area (Å²) in [7, 11) is 0. The third-order valence-corrected chi connectivity index (χ3v) is 4.64. The third-order valence-electron chi connectivity index (χ3n) is 3.73. The second-order valence-corrected chi connectivity index (χ2v) is 6.97. The van der Waals surface area contributed by atoms with Gasteiger partial charge in [-0.1, -0.05) is 54.2 Å². The first-order valence-electron chi connectivity index (χ1n) is 8.52. The fraction of sp³-hybridized carbons (Fsp3) is 0.143. The number of aryl methyl sites for hydroxylation is 2. The van der Waals surface area contributed by atoms with Crippen molar-refractivity contribution in [2.24, 2.45) is 5.10 Å². The molecular weight excluding hydrogens is 356 g/mol. The second-order valence-electron chi connectivity index (χ2n) is 6.03. The van der Waals surface area contributed by atoms with Gasteiger partial charge in [0.15, 0.2) is 5.16 Å². The molecule has 1 aromatic heterocycles. The Kier molecular flexibility index (Phi) is 6.33. The topological polar surface area (TPSA) is 67.2 Å². The van der Waals surface area contributed by atoms with E-state index in [4.69, 9.17) is 0 Å². The van der Waals surface area contributed by atoms with Crippen molar-refractivity contribution in [1.29, 1.82) is 0 Å². The minimum atomic E-state index is -0.237. The molecular formula is C21H20N4OS. The van der Waals surface area contributed by atoms with Crippen molar-refractivity contribution in [3.05, 3.63) is 88.7 Å². The highest BCUT2D eigenvalue weighted by atomic mass is 32.2. The molecule has 0 saturated carbocycles. The van der Waals surface area contributed by atoms with Crippen molar-refractivity contribution in [3.8, 4) is 0 Å². The normalized spacial score (nSPS) is 10.9. The van der Waals surface area contributed by atoms with E-state index in [0.29, 0.717) is 5.56 Å². The molecule has 0 aliphatic heterocycles. The molecule has 0 spiro atoms. The SMILES string of the molecule is Cc1cc(C)nc(SCc2ccc(C(=O)NN=Cc3ccccc3)cc2)n1. The number of hydrazone groups is 1. The molecule has 1 N–H and O–H groups in total. The van der Waals surface area contributed by atoms with Crippen LogP contribution in [0.1, 0.15) is 32.9 Å². The quantitative estimate of drug-likeness (QED) is 0.304. The number of thioether (sulfide) groups is 1. The van der Waals surface area contributed by atoms with Crippen LogP contribution in [0.5, 0.6) is 0 Å². The summed E-state index contributed by atoms with van der Waals surface area (Å²) >= 11 is 1.58. The van der Waals surface area contributed by atoms with Crippen molar-refractivity contribution in [2.75, 3.05) is 0 Å². The maximum atomic E-state index is 12.2. The number of nitrogens with zero attached hydrogens (tertiary/aromatic N) is 3. The summed E-state index contributed by atoms with van der Waals surface area (Å²) in [6.45, 7) is 3.93. The maximum absolute atomic E-state index is 12.2. The molecule has 0 fully saturated rings. The van der Waals surface area contributed by atoms with Gasteiger partial charge in [-0.15, -0.1) is 0 Å². The second kappa shape index (κ2) is 9.09. The van der Waals surface area contributed by atoms with Crippen LogP contribution in [0.15, 0.2) is 70.9 Å². The van der Waals surface area contributed by atoms with Crippen LogP contribution in [0.4, 0.5) is 0 Å². The maximum Gasteiger partial charge on any atom is 0.271 e. The van der Waals surface area contributed by atoms with Crippen LogP contribution in [-0.4, -0.2) is 22.1 Å². The smallest absolute Gasteiger partial charge is 0.267 e. The molecule has 136 valence electrons. The summed E-state index contributed by atoms with van der Waals surface area (Å²) in [6.07, 6.45) is 1.62. The Morgan fingerprint density at radius 1 is 1.04 bits per heavy atom. The van der Waals surface area contributed by atoms with Gasteiger partial charge in [-0.25, -0.2) is 15.4 Å². The van der Waals surface area contributed by atoms with E-state index in [9.17, 15) is 4.79 Å². The van der Waals surface area contributed by atoms with Gasteiger partial charge in [-0.3, -0.25) is 4.79 Å². The minimum Gasteiger partial charge on any atom is -0.267 e. The number of benzene rings is 2. The summed E-state index contributed by atoms with van der Waals surface area (Å²) in [5.41, 5.74) is 7.07. The molecule has 1 heterocycles. The Labute approximate surface area is 163 Å². The summed E-state index contributed by atoms with van der Waals surface area (Å²) < 4.78 is 0. The van der Waals surface area contributed by atoms with Gasteiger partial charge in [-0.05, 0) is 43.2 Å². The summed E-state index contributed by atoms with van der Waals surface area (Å²) in [4.78, 5) is 21.0. The number of carbonyl (C=O) groups is 1. The van der Waals surface area contributed by atoms with Crippen molar-refractivity contribution in [2.45, 2.75) is 24.8 Å².